The Hall–Kier alpha value is -0.200. The van der Waals surface area contributed by atoms with Crippen molar-refractivity contribution in [3.63, 3.8) is 0 Å². The van der Waals surface area contributed by atoms with Gasteiger partial charge in [0.05, 0.1) is 19.3 Å². The summed E-state index contributed by atoms with van der Waals surface area (Å²) in [5.74, 6) is 0.148. The lowest BCUT2D eigenvalue weighted by molar-refractivity contribution is -0.196. The van der Waals surface area contributed by atoms with Crippen molar-refractivity contribution in [1.82, 2.24) is 0 Å². The van der Waals surface area contributed by atoms with Crippen LogP contribution in [-0.4, -0.2) is 53.5 Å². The van der Waals surface area contributed by atoms with Crippen molar-refractivity contribution >= 4 is 26.2 Å². The standard InChI is InChI=1S/C29H57O6PS/c1-5-8-10-12-14-15-16-18-20-25-37-27(22-19-17-13-11-9-6-2)26(4)34-23-21-24-35-29(31,36-32)28(30)33-7-3/h26-27,31H,5-25H2,1-4H3. The molecule has 0 radical (unpaired) electrons. The lowest BCUT2D eigenvalue weighted by Gasteiger charge is -2.24. The Labute approximate surface area is 233 Å². The second-order valence-electron chi connectivity index (χ2n) is 9.99. The summed E-state index contributed by atoms with van der Waals surface area (Å²) in [6.07, 6.45) is 21.7. The van der Waals surface area contributed by atoms with Crippen LogP contribution in [0.1, 0.15) is 137 Å². The molecule has 0 rings (SSSR count). The Morgan fingerprint density at radius 2 is 1.35 bits per heavy atom. The van der Waals surface area contributed by atoms with Crippen LogP contribution < -0.4 is 0 Å². The molecule has 0 aliphatic rings. The van der Waals surface area contributed by atoms with E-state index < -0.39 is 20.0 Å². The maximum Gasteiger partial charge on any atom is 0.379 e. The van der Waals surface area contributed by atoms with Crippen molar-refractivity contribution in [2.45, 2.75) is 154 Å². The predicted octanol–water partition coefficient (Wildman–Crippen LogP) is 8.68. The fourth-order valence-corrected chi connectivity index (χ4v) is 5.86. The molecule has 0 aliphatic heterocycles. The third-order valence-corrected chi connectivity index (χ3v) is 8.71. The normalized spacial score (nSPS) is 14.9. The number of rotatable bonds is 28. The highest BCUT2D eigenvalue weighted by Gasteiger charge is 2.40. The van der Waals surface area contributed by atoms with Crippen LogP contribution in [0.25, 0.3) is 0 Å². The molecular weight excluding hydrogens is 507 g/mol. The Morgan fingerprint density at radius 3 is 1.89 bits per heavy atom. The van der Waals surface area contributed by atoms with Gasteiger partial charge in [0.1, 0.15) is 0 Å². The first-order valence-corrected chi connectivity index (χ1v) is 16.9. The van der Waals surface area contributed by atoms with E-state index in [1.165, 1.54) is 108 Å². The minimum atomic E-state index is -2.44. The monoisotopic (exact) mass is 564 g/mol. The molecule has 3 atom stereocenters. The van der Waals surface area contributed by atoms with Crippen LogP contribution in [0.2, 0.25) is 0 Å². The first kappa shape index (κ1) is 36.8. The molecule has 0 amide bonds. The van der Waals surface area contributed by atoms with Gasteiger partial charge in [0.15, 0.2) is 0 Å². The second-order valence-corrected chi connectivity index (χ2v) is 12.1. The van der Waals surface area contributed by atoms with Gasteiger partial charge in [-0.2, -0.15) is 11.8 Å². The molecule has 220 valence electrons. The summed E-state index contributed by atoms with van der Waals surface area (Å²) in [5, 5.41) is 10.5. The van der Waals surface area contributed by atoms with Gasteiger partial charge in [-0.3, -0.25) is 4.57 Å². The predicted molar refractivity (Wildman–Crippen MR) is 157 cm³/mol. The second kappa shape index (κ2) is 26.0. The molecule has 0 saturated heterocycles. The van der Waals surface area contributed by atoms with E-state index in [0.29, 0.717) is 18.3 Å². The van der Waals surface area contributed by atoms with Crippen molar-refractivity contribution in [3.8, 4) is 0 Å². The van der Waals surface area contributed by atoms with Gasteiger partial charge >= 0.3 is 11.5 Å². The lowest BCUT2D eigenvalue weighted by atomic mass is 10.1. The van der Waals surface area contributed by atoms with Gasteiger partial charge in [-0.25, -0.2) is 4.79 Å². The molecule has 0 bridgehead atoms. The van der Waals surface area contributed by atoms with Crippen LogP contribution >= 0.6 is 20.2 Å². The number of aliphatic hydroxyl groups is 1. The molecule has 0 aromatic carbocycles. The Morgan fingerprint density at radius 1 is 0.811 bits per heavy atom. The van der Waals surface area contributed by atoms with Crippen LogP contribution in [0, 0.1) is 0 Å². The van der Waals surface area contributed by atoms with E-state index in [1.54, 1.807) is 6.92 Å². The van der Waals surface area contributed by atoms with Gasteiger partial charge in [0.2, 0.25) is 8.46 Å². The van der Waals surface area contributed by atoms with Gasteiger partial charge in [0.25, 0.3) is 0 Å². The minimum Gasteiger partial charge on any atom is -0.461 e. The minimum absolute atomic E-state index is 0.0605. The van der Waals surface area contributed by atoms with E-state index in [0.717, 1.165) is 0 Å². The third-order valence-electron chi connectivity index (χ3n) is 6.58. The smallest absolute Gasteiger partial charge is 0.379 e. The van der Waals surface area contributed by atoms with Crippen molar-refractivity contribution in [2.75, 3.05) is 25.6 Å². The fourth-order valence-electron chi connectivity index (χ4n) is 4.22. The van der Waals surface area contributed by atoms with Crippen LogP contribution in [0.15, 0.2) is 0 Å². The molecule has 0 spiro atoms. The molecule has 0 saturated carbocycles. The summed E-state index contributed by atoms with van der Waals surface area (Å²) in [7, 11) is -0.826. The van der Waals surface area contributed by atoms with Gasteiger partial charge in [-0.1, -0.05) is 104 Å². The Balaban J connectivity index is 4.32. The first-order chi connectivity index (χ1) is 17.9. The summed E-state index contributed by atoms with van der Waals surface area (Å²) < 4.78 is 27.2. The van der Waals surface area contributed by atoms with E-state index in [1.807, 2.05) is 0 Å². The van der Waals surface area contributed by atoms with E-state index in [-0.39, 0.29) is 19.3 Å². The number of carbonyl (C=O) groups excluding carboxylic acids is 1. The zero-order valence-electron chi connectivity index (χ0n) is 24.3. The highest BCUT2D eigenvalue weighted by molar-refractivity contribution is 7.99. The number of thioether (sulfide) groups is 1. The summed E-state index contributed by atoms with van der Waals surface area (Å²) >= 11 is 2.05. The maximum absolute atomic E-state index is 11.7. The van der Waals surface area contributed by atoms with Gasteiger partial charge in [-0.05, 0) is 38.9 Å². The van der Waals surface area contributed by atoms with Crippen molar-refractivity contribution in [1.29, 1.82) is 0 Å². The van der Waals surface area contributed by atoms with Crippen molar-refractivity contribution in [2.24, 2.45) is 0 Å². The first-order valence-electron chi connectivity index (χ1n) is 15.1. The number of hydrogen-bond donors (Lipinski definition) is 1. The zero-order chi connectivity index (χ0) is 27.6. The van der Waals surface area contributed by atoms with Crippen LogP contribution in [-0.2, 0) is 23.6 Å². The Bertz CT molecular complexity index is 539. The quantitative estimate of drug-likeness (QED) is 0.0440. The van der Waals surface area contributed by atoms with Crippen molar-refractivity contribution < 1.29 is 28.7 Å². The van der Waals surface area contributed by atoms with E-state index in [2.05, 4.69) is 32.5 Å². The molecular formula is C29H57O6PS. The topological polar surface area (TPSA) is 82.1 Å². The molecule has 6 nitrogen and oxygen atoms in total. The lowest BCUT2D eigenvalue weighted by Crippen LogP contribution is -2.38. The Kier molecular flexibility index (Phi) is 25.9. The summed E-state index contributed by atoms with van der Waals surface area (Å²) in [6, 6.07) is 0. The third kappa shape index (κ3) is 20.4. The van der Waals surface area contributed by atoms with E-state index in [4.69, 9.17) is 14.2 Å². The van der Waals surface area contributed by atoms with E-state index >= 15 is 0 Å². The van der Waals surface area contributed by atoms with Crippen LogP contribution in [0.3, 0.4) is 0 Å². The summed E-state index contributed by atoms with van der Waals surface area (Å²) in [4.78, 5) is 11.7. The van der Waals surface area contributed by atoms with Gasteiger partial charge in [0, 0.05) is 11.9 Å². The average Bonchev–Trinajstić information content (AvgIpc) is 2.90. The fraction of sp³-hybridized carbons (Fsp3) is 0.966. The number of unbranched alkanes of at least 4 members (excludes halogenated alkanes) is 13. The number of ether oxygens (including phenoxy) is 3. The molecule has 0 heterocycles. The number of hydrogen-bond acceptors (Lipinski definition) is 7. The molecule has 37 heavy (non-hydrogen) atoms. The molecule has 0 aromatic heterocycles. The highest BCUT2D eigenvalue weighted by atomic mass is 32.2. The van der Waals surface area contributed by atoms with Crippen LogP contribution in [0.4, 0.5) is 0 Å². The molecule has 0 aliphatic carbocycles. The molecule has 3 unspecified atom stereocenters. The van der Waals surface area contributed by atoms with E-state index in [9.17, 15) is 14.5 Å². The highest BCUT2D eigenvalue weighted by Crippen LogP contribution is 2.26. The zero-order valence-corrected chi connectivity index (χ0v) is 26.1. The molecule has 0 fully saturated rings. The number of esters is 1. The van der Waals surface area contributed by atoms with Gasteiger partial charge in [-0.15, -0.1) is 0 Å². The average molecular weight is 565 g/mol. The largest absolute Gasteiger partial charge is 0.461 e. The summed E-state index contributed by atoms with van der Waals surface area (Å²) in [5.41, 5.74) is -2.44. The molecule has 0 aromatic rings. The summed E-state index contributed by atoms with van der Waals surface area (Å²) in [6.45, 7) is 8.88. The van der Waals surface area contributed by atoms with Gasteiger partial charge < -0.3 is 19.3 Å². The maximum atomic E-state index is 11.7. The van der Waals surface area contributed by atoms with Crippen molar-refractivity contribution in [3.05, 3.63) is 0 Å². The number of carbonyl (C=O) groups is 1. The molecule has 8 heteroatoms. The van der Waals surface area contributed by atoms with Crippen LogP contribution in [0.5, 0.6) is 0 Å². The molecule has 1 N–H and O–H groups in total. The SMILES string of the molecule is CCCCCCCCCCCSC(CCCCCCCC)C(C)OCCCOC(O)(P=O)C(=O)OCC.